The van der Waals surface area contributed by atoms with Crippen LogP contribution in [0.3, 0.4) is 0 Å². The van der Waals surface area contributed by atoms with Crippen molar-refractivity contribution in [3.63, 3.8) is 0 Å². The summed E-state index contributed by atoms with van der Waals surface area (Å²) in [5.41, 5.74) is 18.1. The van der Waals surface area contributed by atoms with Crippen molar-refractivity contribution in [1.29, 1.82) is 0 Å². The van der Waals surface area contributed by atoms with Crippen LogP contribution in [0, 0.1) is 0 Å². The number of benzene rings is 25. The molecule has 9 aliphatic carbocycles. The van der Waals surface area contributed by atoms with Gasteiger partial charge < -0.3 is 0 Å². The van der Waals surface area contributed by atoms with Gasteiger partial charge in [0, 0.05) is 11.8 Å². The molecule has 0 spiro atoms. The monoisotopic (exact) mass is 1170 g/mol. The Morgan fingerprint density at radius 1 is 0.263 bits per heavy atom. The number of rotatable bonds is 0. The molecule has 0 heteroatoms. The van der Waals surface area contributed by atoms with Gasteiger partial charge in [0.2, 0.25) is 0 Å². The van der Waals surface area contributed by atoms with Gasteiger partial charge in [-0.05, 0) is 402 Å². The second kappa shape index (κ2) is 11.7. The number of fused-ring (bicyclic) bond motifs is 3. The van der Waals surface area contributed by atoms with Gasteiger partial charge in [-0.3, -0.25) is 0 Å². The molecule has 95 heavy (non-hydrogen) atoms. The minimum atomic E-state index is 0.0684. The van der Waals surface area contributed by atoms with Crippen LogP contribution in [0.25, 0.3) is 294 Å². The molecule has 6 bridgehead atoms. The van der Waals surface area contributed by atoms with Crippen LogP contribution in [-0.2, 0) is 12.8 Å². The van der Waals surface area contributed by atoms with E-state index in [1.54, 1.807) is 70.7 Å². The summed E-state index contributed by atoms with van der Waals surface area (Å²) in [4.78, 5) is 0. The zero-order chi connectivity index (χ0) is 58.6. The highest BCUT2D eigenvalue weighted by Gasteiger charge is 2.46. The van der Waals surface area contributed by atoms with Crippen molar-refractivity contribution < 1.29 is 0 Å². The van der Waals surface area contributed by atoms with Crippen LogP contribution in [0.4, 0.5) is 0 Å². The first-order chi connectivity index (χ1) is 47.2. The summed E-state index contributed by atoms with van der Waals surface area (Å²) in [5.74, 6) is 0.275. The van der Waals surface area contributed by atoms with Gasteiger partial charge in [0.05, 0.1) is 0 Å². The molecule has 0 saturated carbocycles. The van der Waals surface area contributed by atoms with Gasteiger partial charge in [-0.2, -0.15) is 0 Å². The second-order valence-electron chi connectivity index (χ2n) is 31.7. The Bertz CT molecular complexity index is 9130. The molecule has 34 rings (SSSR count). The normalized spacial score (nSPS) is 18.5. The molecule has 0 saturated heterocycles. The van der Waals surface area contributed by atoms with Crippen LogP contribution in [0.15, 0.2) is 139 Å². The molecule has 414 valence electrons. The van der Waals surface area contributed by atoms with Gasteiger partial charge in [-0.1, -0.05) is 121 Å². The summed E-state index contributed by atoms with van der Waals surface area (Å²) < 4.78 is 0. The summed E-state index contributed by atoms with van der Waals surface area (Å²) in [7, 11) is 0. The zero-order valence-corrected chi connectivity index (χ0v) is 50.3. The predicted molar refractivity (Wildman–Crippen MR) is 405 cm³/mol. The Kier molecular flexibility index (Phi) is 5.15. The summed E-state index contributed by atoms with van der Waals surface area (Å²) in [6.45, 7) is 0. The lowest BCUT2D eigenvalue weighted by Gasteiger charge is -2.41. The van der Waals surface area contributed by atoms with E-state index in [-0.39, 0.29) is 11.8 Å². The SMILES string of the molecule is C1=CC2=c3ccc4c5c6c7c(ccc8cc9c%10c%11c%12c%13c%14c%15c%16c(cc%17cccc%18c%19ccc%20c%21ccc%22ccc%23cc%24c%25c%26c%27cc(c%13c%13cc%28c%29c(c(cc%30c%29c(c%29c3c4c3c6c(c%10c87)c%12c%13c3c%28%29)C2C(=C%30)C1)=C%24)C%25)c1c%14c(c%16c%17%18)c%19c%20c1c%27c%21c%22c%23%26)=CC(=C9)C%15%11)=CC5. The van der Waals surface area contributed by atoms with E-state index in [4.69, 9.17) is 0 Å². The molecule has 0 heterocycles. The number of allylic oxidation sites excluding steroid dienone is 4. The minimum Gasteiger partial charge on any atom is -0.0801 e. The van der Waals surface area contributed by atoms with Crippen molar-refractivity contribution in [2.75, 3.05) is 0 Å². The van der Waals surface area contributed by atoms with Crippen LogP contribution in [0.5, 0.6) is 0 Å². The van der Waals surface area contributed by atoms with Crippen molar-refractivity contribution in [2.24, 2.45) is 0 Å². The van der Waals surface area contributed by atoms with E-state index >= 15 is 0 Å². The van der Waals surface area contributed by atoms with Crippen molar-refractivity contribution in [3.05, 3.63) is 210 Å². The van der Waals surface area contributed by atoms with E-state index in [2.05, 4.69) is 158 Å². The van der Waals surface area contributed by atoms with Gasteiger partial charge in [0.1, 0.15) is 0 Å². The molecule has 0 radical (unpaired) electrons. The quantitative estimate of drug-likeness (QED) is 0.105. The molecule has 2 atom stereocenters. The van der Waals surface area contributed by atoms with Crippen LogP contribution in [0.2, 0.25) is 0 Å². The van der Waals surface area contributed by atoms with Crippen LogP contribution < -0.4 is 20.9 Å². The highest BCUT2D eigenvalue weighted by molar-refractivity contribution is 6.65. The average Bonchev–Trinajstić information content (AvgIpc) is 0.625. The van der Waals surface area contributed by atoms with Gasteiger partial charge in [-0.25, -0.2) is 0 Å². The molecule has 2 unspecified atom stereocenters. The van der Waals surface area contributed by atoms with E-state index in [1.807, 2.05) is 0 Å². The summed E-state index contributed by atoms with van der Waals surface area (Å²) in [5, 5.41) is 77.1. The van der Waals surface area contributed by atoms with Crippen LogP contribution in [0.1, 0.15) is 68.3 Å². The molecule has 0 aliphatic heterocycles. The fraction of sp³-hybridized carbons (Fsp3) is 0.0526. The van der Waals surface area contributed by atoms with Gasteiger partial charge >= 0.3 is 0 Å². The smallest absolute Gasteiger partial charge is 0.0365 e. The molecule has 9 aliphatic rings. The number of hydrogen-bond donors (Lipinski definition) is 0. The second-order valence-corrected chi connectivity index (χ2v) is 31.7. The molecule has 0 N–H and O–H groups in total. The molecule has 0 nitrogen and oxygen atoms in total. The van der Waals surface area contributed by atoms with E-state index in [0.717, 1.165) is 19.3 Å². The van der Waals surface area contributed by atoms with Crippen LogP contribution >= 0.6 is 0 Å². The number of hydrogen-bond acceptors (Lipinski definition) is 0. The molecule has 0 aromatic heterocycles. The van der Waals surface area contributed by atoms with Crippen molar-refractivity contribution in [3.8, 4) is 0 Å². The Hall–Kier alpha value is -11.7. The first kappa shape index (κ1) is 41.7. The maximum absolute atomic E-state index is 2.91. The fourth-order valence-electron chi connectivity index (χ4n) is 26.6. The third kappa shape index (κ3) is 3.41. The van der Waals surface area contributed by atoms with E-state index in [1.165, 1.54) is 275 Å². The maximum atomic E-state index is 2.91. The Balaban J connectivity index is 1.01. The largest absolute Gasteiger partial charge is 0.0801 e. The summed E-state index contributed by atoms with van der Waals surface area (Å²) >= 11 is 0. The highest BCUT2D eigenvalue weighted by Crippen LogP contribution is 2.70. The third-order valence-electron chi connectivity index (χ3n) is 29.0. The van der Waals surface area contributed by atoms with Crippen molar-refractivity contribution in [1.82, 2.24) is 0 Å². The molecular weight excluding hydrogens is 1140 g/mol. The maximum Gasteiger partial charge on any atom is 0.0365 e. The Morgan fingerprint density at radius 3 is 1.69 bits per heavy atom. The van der Waals surface area contributed by atoms with E-state index in [0.29, 0.717) is 0 Å². The highest BCUT2D eigenvalue weighted by atomic mass is 14.5. The average molecular weight is 1180 g/mol. The third-order valence-corrected chi connectivity index (χ3v) is 29.0. The van der Waals surface area contributed by atoms with E-state index < -0.39 is 0 Å². The molecule has 0 amide bonds. The fourth-order valence-corrected chi connectivity index (χ4v) is 26.6. The predicted octanol–water partition coefficient (Wildman–Crippen LogP) is 21.8. The Labute approximate surface area is 531 Å². The van der Waals surface area contributed by atoms with Gasteiger partial charge in [0.25, 0.3) is 0 Å². The molecule has 0 fully saturated rings. The van der Waals surface area contributed by atoms with Gasteiger partial charge in [-0.15, -0.1) is 0 Å². The first-order valence-electron chi connectivity index (χ1n) is 34.9. The lowest BCUT2D eigenvalue weighted by atomic mass is 9.61. The first-order valence-corrected chi connectivity index (χ1v) is 34.9. The standard InChI is InChI=1S/C95H34/c1-3-32-20-38-24-37-23-36-19-34-9-7-30-11-13-44-48-17-16-47-43-6-2-4-33-21-39-25-41-26-40-22-35-10-8-31-12-14-45-49-18-15-46-42(5-1)56(32)79-62(38)67-51(37)27-50(36)66-52-28-54-68-55-29-53(67)77-86(79)72(46)74(49)90-87(77)78(55)92-94-83(64(40)81-61(35)59(31)70(45)88(90)95(81)92)65(41)82-63(39)80(57(33)43)89-73(47)71(48)85(75(52)69(44)58(30)60(34)66)76(54)91(89)93(82)84(68)94/h1-2,4-13,15-26,28-29,56,65H,3,14,27H2. The van der Waals surface area contributed by atoms with Crippen molar-refractivity contribution >= 4 is 294 Å². The minimum absolute atomic E-state index is 0.0684. The topological polar surface area (TPSA) is 0 Å². The molecule has 25 aromatic carbocycles. The Morgan fingerprint density at radius 2 is 0.821 bits per heavy atom. The van der Waals surface area contributed by atoms with Gasteiger partial charge in [0.15, 0.2) is 0 Å². The lowest BCUT2D eigenvalue weighted by molar-refractivity contribution is 0.959. The summed E-state index contributed by atoms with van der Waals surface area (Å²) in [6.07, 6.45) is 21.3. The molecular formula is C95H34. The summed E-state index contributed by atoms with van der Waals surface area (Å²) in [6, 6.07) is 49.0. The zero-order valence-electron chi connectivity index (χ0n) is 50.3. The van der Waals surface area contributed by atoms with Crippen molar-refractivity contribution in [2.45, 2.75) is 31.1 Å². The lowest BCUT2D eigenvalue weighted by Crippen LogP contribution is -2.25. The van der Waals surface area contributed by atoms with E-state index in [9.17, 15) is 0 Å². The van der Waals surface area contributed by atoms with Crippen LogP contribution in [-0.4, -0.2) is 0 Å². The molecule has 25 aromatic rings.